The van der Waals surface area contributed by atoms with E-state index in [4.69, 9.17) is 5.73 Å². The van der Waals surface area contributed by atoms with Crippen molar-refractivity contribution in [3.63, 3.8) is 0 Å². The van der Waals surface area contributed by atoms with Gasteiger partial charge in [0.2, 0.25) is 0 Å². The fraction of sp³-hybridized carbons (Fsp3) is 1.00. The number of nitrogens with zero attached hydrogens (tertiary/aromatic N) is 2. The van der Waals surface area contributed by atoms with Crippen LogP contribution in [0.5, 0.6) is 0 Å². The Hall–Kier alpha value is -0.120. The second-order valence-electron chi connectivity index (χ2n) is 3.55. The van der Waals surface area contributed by atoms with Crippen LogP contribution in [0.25, 0.3) is 0 Å². The summed E-state index contributed by atoms with van der Waals surface area (Å²) in [5.74, 6) is 0. The molecule has 2 N–H and O–H groups in total. The molecule has 0 aromatic rings. The van der Waals surface area contributed by atoms with Gasteiger partial charge in [0.25, 0.3) is 0 Å². The molecule has 3 nitrogen and oxygen atoms in total. The average Bonchev–Trinajstić information content (AvgIpc) is 2.17. The summed E-state index contributed by atoms with van der Waals surface area (Å²) in [6.07, 6.45) is 0. The average molecular weight is 171 g/mol. The molecule has 1 fully saturated rings. The predicted molar refractivity (Wildman–Crippen MR) is 52.2 cm³/mol. The van der Waals surface area contributed by atoms with Crippen LogP contribution in [-0.2, 0) is 0 Å². The molecular formula is C9H21N3. The van der Waals surface area contributed by atoms with Crippen LogP contribution >= 0.6 is 0 Å². The number of nitrogens with two attached hydrogens (primary N) is 1. The quantitative estimate of drug-likeness (QED) is 0.647. The number of hydrogen-bond donors (Lipinski definition) is 1. The summed E-state index contributed by atoms with van der Waals surface area (Å²) >= 11 is 0. The molecule has 0 unspecified atom stereocenters. The van der Waals surface area contributed by atoms with E-state index in [2.05, 4.69) is 23.6 Å². The first-order valence-corrected chi connectivity index (χ1v) is 4.94. The van der Waals surface area contributed by atoms with Crippen molar-refractivity contribution in [2.24, 2.45) is 5.73 Å². The van der Waals surface area contributed by atoms with Crippen molar-refractivity contribution in [1.82, 2.24) is 9.80 Å². The van der Waals surface area contributed by atoms with Gasteiger partial charge in [0.05, 0.1) is 0 Å². The molecular weight excluding hydrogens is 150 g/mol. The molecule has 0 aromatic carbocycles. The number of likely N-dealkylation sites (N-methyl/N-ethyl adjacent to an activating group) is 1. The van der Waals surface area contributed by atoms with Gasteiger partial charge in [-0.2, -0.15) is 0 Å². The van der Waals surface area contributed by atoms with Crippen molar-refractivity contribution in [1.29, 1.82) is 0 Å². The second kappa shape index (κ2) is 4.80. The normalized spacial score (nSPS) is 24.2. The lowest BCUT2D eigenvalue weighted by Crippen LogP contribution is -2.51. The molecule has 0 saturated carbocycles. The number of piperazine rings is 1. The van der Waals surface area contributed by atoms with Crippen LogP contribution in [0.15, 0.2) is 0 Å². The Kier molecular flexibility index (Phi) is 3.98. The predicted octanol–water partition coefficient (Wildman–Crippen LogP) is -0.0289. The molecule has 0 aliphatic carbocycles. The smallest absolute Gasteiger partial charge is 0.0191 e. The van der Waals surface area contributed by atoms with Crippen LogP contribution in [0, 0.1) is 0 Å². The lowest BCUT2D eigenvalue weighted by atomic mass is 10.2. The molecule has 0 bridgehead atoms. The van der Waals surface area contributed by atoms with Crippen LogP contribution in [0.1, 0.15) is 13.8 Å². The Labute approximate surface area is 75.5 Å². The largest absolute Gasteiger partial charge is 0.329 e. The van der Waals surface area contributed by atoms with E-state index in [0.717, 1.165) is 6.54 Å². The molecule has 1 saturated heterocycles. The Balaban J connectivity index is 2.25. The lowest BCUT2D eigenvalue weighted by molar-refractivity contribution is 0.109. The Morgan fingerprint density at radius 1 is 1.25 bits per heavy atom. The van der Waals surface area contributed by atoms with Crippen molar-refractivity contribution >= 4 is 0 Å². The minimum absolute atomic E-state index is 0.559. The SMILES string of the molecule is CCN1CCN([C@H](C)CN)CC1. The fourth-order valence-electron chi connectivity index (χ4n) is 1.67. The van der Waals surface area contributed by atoms with Crippen molar-refractivity contribution in [2.75, 3.05) is 39.3 Å². The van der Waals surface area contributed by atoms with E-state index >= 15 is 0 Å². The highest BCUT2D eigenvalue weighted by atomic mass is 15.3. The highest BCUT2D eigenvalue weighted by Gasteiger charge is 2.18. The van der Waals surface area contributed by atoms with Gasteiger partial charge in [-0.05, 0) is 13.5 Å². The number of rotatable bonds is 3. The first kappa shape index (κ1) is 9.96. The van der Waals surface area contributed by atoms with E-state index in [-0.39, 0.29) is 0 Å². The molecule has 0 spiro atoms. The van der Waals surface area contributed by atoms with E-state index in [0.29, 0.717) is 6.04 Å². The van der Waals surface area contributed by atoms with Gasteiger partial charge in [0, 0.05) is 38.8 Å². The maximum Gasteiger partial charge on any atom is 0.0191 e. The third-order valence-electron chi connectivity index (χ3n) is 2.82. The fourth-order valence-corrected chi connectivity index (χ4v) is 1.67. The molecule has 0 radical (unpaired) electrons. The summed E-state index contributed by atoms with van der Waals surface area (Å²) in [4.78, 5) is 4.96. The van der Waals surface area contributed by atoms with Crippen LogP contribution in [-0.4, -0.2) is 55.1 Å². The Morgan fingerprint density at radius 2 is 1.83 bits per heavy atom. The van der Waals surface area contributed by atoms with Crippen molar-refractivity contribution in [3.8, 4) is 0 Å². The highest BCUT2D eigenvalue weighted by Crippen LogP contribution is 2.04. The van der Waals surface area contributed by atoms with Crippen molar-refractivity contribution in [3.05, 3.63) is 0 Å². The first-order chi connectivity index (χ1) is 5.77. The zero-order valence-corrected chi connectivity index (χ0v) is 8.29. The Bertz CT molecular complexity index is 119. The van der Waals surface area contributed by atoms with E-state index in [1.54, 1.807) is 0 Å². The summed E-state index contributed by atoms with van der Waals surface area (Å²) in [5.41, 5.74) is 5.61. The van der Waals surface area contributed by atoms with Crippen LogP contribution < -0.4 is 5.73 Å². The van der Waals surface area contributed by atoms with E-state index in [9.17, 15) is 0 Å². The van der Waals surface area contributed by atoms with Gasteiger partial charge in [0.15, 0.2) is 0 Å². The molecule has 3 heteroatoms. The number of hydrogen-bond acceptors (Lipinski definition) is 3. The maximum atomic E-state index is 5.61. The van der Waals surface area contributed by atoms with Gasteiger partial charge >= 0.3 is 0 Å². The van der Waals surface area contributed by atoms with Gasteiger partial charge in [-0.25, -0.2) is 0 Å². The van der Waals surface area contributed by atoms with Gasteiger partial charge < -0.3 is 10.6 Å². The van der Waals surface area contributed by atoms with E-state index in [1.165, 1.54) is 32.7 Å². The lowest BCUT2D eigenvalue weighted by Gasteiger charge is -2.37. The monoisotopic (exact) mass is 171 g/mol. The zero-order valence-electron chi connectivity index (χ0n) is 8.29. The van der Waals surface area contributed by atoms with E-state index < -0.39 is 0 Å². The van der Waals surface area contributed by atoms with Crippen molar-refractivity contribution in [2.45, 2.75) is 19.9 Å². The standard InChI is InChI=1S/C9H21N3/c1-3-11-4-6-12(7-5-11)9(2)8-10/h9H,3-8,10H2,1-2H3/t9-/m1/s1. The molecule has 1 atom stereocenters. The third kappa shape index (κ3) is 2.44. The zero-order chi connectivity index (χ0) is 8.97. The molecule has 1 heterocycles. The summed E-state index contributed by atoms with van der Waals surface area (Å²) < 4.78 is 0. The molecule has 0 amide bonds. The maximum absolute atomic E-state index is 5.61. The summed E-state index contributed by atoms with van der Waals surface area (Å²) in [6.45, 7) is 11.2. The minimum Gasteiger partial charge on any atom is -0.329 e. The summed E-state index contributed by atoms with van der Waals surface area (Å²) in [5, 5.41) is 0. The van der Waals surface area contributed by atoms with Crippen LogP contribution in [0.2, 0.25) is 0 Å². The molecule has 1 aliphatic heterocycles. The molecule has 72 valence electrons. The highest BCUT2D eigenvalue weighted by molar-refractivity contribution is 4.75. The first-order valence-electron chi connectivity index (χ1n) is 4.94. The second-order valence-corrected chi connectivity index (χ2v) is 3.55. The van der Waals surface area contributed by atoms with Gasteiger partial charge in [0.1, 0.15) is 0 Å². The molecule has 12 heavy (non-hydrogen) atoms. The van der Waals surface area contributed by atoms with Crippen LogP contribution in [0.3, 0.4) is 0 Å². The van der Waals surface area contributed by atoms with Gasteiger partial charge in [-0.1, -0.05) is 6.92 Å². The van der Waals surface area contributed by atoms with Crippen LogP contribution in [0.4, 0.5) is 0 Å². The van der Waals surface area contributed by atoms with Gasteiger partial charge in [-0.3, -0.25) is 4.90 Å². The van der Waals surface area contributed by atoms with Crippen molar-refractivity contribution < 1.29 is 0 Å². The topological polar surface area (TPSA) is 32.5 Å². The summed E-state index contributed by atoms with van der Waals surface area (Å²) in [7, 11) is 0. The molecule has 1 rings (SSSR count). The van der Waals surface area contributed by atoms with Gasteiger partial charge in [-0.15, -0.1) is 0 Å². The third-order valence-corrected chi connectivity index (χ3v) is 2.82. The molecule has 1 aliphatic rings. The Morgan fingerprint density at radius 3 is 2.25 bits per heavy atom. The summed E-state index contributed by atoms with van der Waals surface area (Å²) in [6, 6.07) is 0.559. The van der Waals surface area contributed by atoms with E-state index in [1.807, 2.05) is 0 Å². The molecule has 0 aromatic heterocycles. The minimum atomic E-state index is 0.559.